The van der Waals surface area contributed by atoms with Crippen molar-refractivity contribution in [1.82, 2.24) is 31.9 Å². The maximum absolute atomic E-state index is 11.8. The predicted octanol–water partition coefficient (Wildman–Crippen LogP) is -4.10. The number of carboxylic acids is 1. The fraction of sp³-hybridized carbons (Fsp3) is 0.800. The lowest BCUT2D eigenvalue weighted by Gasteiger charge is -2.20. The van der Waals surface area contributed by atoms with Crippen LogP contribution in [0.5, 0.6) is 0 Å². The van der Waals surface area contributed by atoms with Crippen molar-refractivity contribution in [3.63, 3.8) is 0 Å². The Bertz CT molecular complexity index is 2430. The van der Waals surface area contributed by atoms with Gasteiger partial charge in [-0.15, -0.1) is 45.4 Å². The molecule has 0 unspecified atom stereocenters. The molecule has 16 atom stereocenters. The van der Waals surface area contributed by atoms with Crippen LogP contribution in [0.15, 0.2) is 17.5 Å². The Morgan fingerprint density at radius 3 is 1.20 bits per heavy atom. The van der Waals surface area contributed by atoms with Crippen molar-refractivity contribution in [3.8, 4) is 0 Å². The smallest absolute Gasteiger partial charge is 0.325 e. The third kappa shape index (κ3) is 25.7. The number of urea groups is 3. The summed E-state index contributed by atoms with van der Waals surface area (Å²) < 4.78 is 47.4. The second kappa shape index (κ2) is 34.9. The molecule has 504 valence electrons. The van der Waals surface area contributed by atoms with Crippen LogP contribution in [0, 0.1) is 40.5 Å². The van der Waals surface area contributed by atoms with E-state index in [0.717, 1.165) is 0 Å². The number of nitrogens with two attached hydrogens (primary N) is 1. The van der Waals surface area contributed by atoms with Gasteiger partial charge in [-0.05, 0) is 48.1 Å². The van der Waals surface area contributed by atoms with Gasteiger partial charge in [-0.2, -0.15) is 4.89 Å². The number of nitrogens with one attached hydrogen (secondary N) is 6. The maximum atomic E-state index is 11.8. The highest BCUT2D eigenvalue weighted by Gasteiger charge is 2.53. The molecule has 0 aromatic heterocycles. The molecule has 8 rings (SSSR count). The molecule has 0 spiro atoms. The Balaban J connectivity index is 0.000000297. The number of aliphatic hydroxyl groups excluding tert-OH is 1. The highest BCUT2D eigenvalue weighted by atomic mass is 17.2. The minimum atomic E-state index is -1.17. The number of nitrogens with zero attached hydrogens (tertiary/aromatic N) is 5. The molecule has 8 aliphatic rings. The summed E-state index contributed by atoms with van der Waals surface area (Å²) in [6, 6.07) is -3.35. The summed E-state index contributed by atoms with van der Waals surface area (Å²) in [4.78, 5) is 148. The van der Waals surface area contributed by atoms with Gasteiger partial charge in [0.1, 0.15) is 79.2 Å². The number of aliphatic imine (C=N–C) groups is 1. The second-order valence-corrected chi connectivity index (χ2v) is 21.0. The summed E-state index contributed by atoms with van der Waals surface area (Å²) in [6.07, 6.45) is -7.08. The van der Waals surface area contributed by atoms with E-state index in [9.17, 15) is 79.1 Å². The third-order valence-corrected chi connectivity index (χ3v) is 12.0. The molecule has 8 heterocycles. The summed E-state index contributed by atoms with van der Waals surface area (Å²) in [5.74, 6) is -2.50. The number of primary amides is 1. The second-order valence-electron chi connectivity index (χ2n) is 21.0. The topological polar surface area (TPSA) is 582 Å². The lowest BCUT2D eigenvalue weighted by Crippen LogP contribution is -2.49. The molecule has 0 aromatic carbocycles. The van der Waals surface area contributed by atoms with Crippen molar-refractivity contribution in [2.45, 2.75) is 158 Å². The number of amides is 7. The number of fused-ring (bicyclic) bond motifs is 4. The monoisotopic (exact) mass is 1290 g/mol. The van der Waals surface area contributed by atoms with Gasteiger partial charge in [-0.25, -0.2) is 19.2 Å². The standard InChI is InChI=1S/C13H21N3O8.C9H14N4O7.C9H13N3O8.C7H11NO3.C6H9NO6.CH4/c1-13(2,3)23-9(17)4-14-12(18)15-7-5-21-11-8(24-16(19)20)6-22-10(7)11;10-6(14)1-11-9(15)12-4-2-18-8-5(20-13(16)17)3-19-7(4)8;13-6(14)1-10-9(15)11-4-2-18-8-5(20-12(16)17)3-19-7(4)8;1-6(8-5-9)10-11-7(2,3)4;8-3-1-11-6-4(13-7(9)10)2-12-5(3)6;/h7-8,10-11H,4-6H2,1-3H3,(H2,14,15,18);4-5,7-8H,1-3H2,(H2,10,14)(H2,11,12,15);4-5,7-8H,1-3H2,(H,13,14)(H2,10,11,15);1H2,2-4H3;3-6,8H,1-2H2;1H4/t7-,8+,10+,11+;2*4-,5+,7+,8+;;3-,4+,5+,6+;/m000.0./s1. The summed E-state index contributed by atoms with van der Waals surface area (Å²) in [7, 11) is 0. The highest BCUT2D eigenvalue weighted by Crippen LogP contribution is 2.32. The molecule has 0 aliphatic carbocycles. The van der Waals surface area contributed by atoms with E-state index >= 15 is 0 Å². The van der Waals surface area contributed by atoms with E-state index in [-0.39, 0.29) is 79.3 Å². The first-order valence-corrected chi connectivity index (χ1v) is 26.1. The van der Waals surface area contributed by atoms with Gasteiger partial charge in [0, 0.05) is 0 Å². The first-order chi connectivity index (χ1) is 41.2. The number of isocyanates is 1. The minimum Gasteiger partial charge on any atom is -0.480 e. The highest BCUT2D eigenvalue weighted by molar-refractivity contribution is 5.83. The van der Waals surface area contributed by atoms with Crippen molar-refractivity contribution < 1.29 is 136 Å². The quantitative estimate of drug-likeness (QED) is 0.0106. The zero-order chi connectivity index (χ0) is 65.6. The molecule has 7 amide bonds. The van der Waals surface area contributed by atoms with Crippen molar-refractivity contribution in [2.75, 3.05) is 72.5 Å². The molecule has 0 saturated carbocycles. The first kappa shape index (κ1) is 74.8. The molecular weight excluding hydrogens is 1220 g/mol. The molecule has 0 aromatic rings. The van der Waals surface area contributed by atoms with Crippen LogP contribution in [0.3, 0.4) is 0 Å². The van der Waals surface area contributed by atoms with Gasteiger partial charge in [-0.1, -0.05) is 7.43 Å². The van der Waals surface area contributed by atoms with Crippen LogP contribution >= 0.6 is 0 Å². The first-order valence-electron chi connectivity index (χ1n) is 26.1. The number of aliphatic hydroxyl groups is 1. The number of ether oxygens (including phenoxy) is 9. The largest absolute Gasteiger partial charge is 0.480 e. The average molecular weight is 1290 g/mol. The van der Waals surface area contributed by atoms with Gasteiger partial charge in [0.15, 0.2) is 24.4 Å². The molecule has 44 heteroatoms. The van der Waals surface area contributed by atoms with E-state index in [1.54, 1.807) is 41.5 Å². The van der Waals surface area contributed by atoms with Gasteiger partial charge in [0.2, 0.25) is 12.0 Å². The molecule has 10 N–H and O–H groups in total. The SMILES string of the molecule is C.C=C(N=C=O)OOC(C)(C)C.CC(C)(C)OC(=O)CNC(=O)N[C@H]1CO[C@H]2[C@@H]1OC[C@H]2O[N+](=O)[O-].NC(=O)CNC(=O)N[C@H]1CO[C@H]2[C@@H]1OC[C@H]2O[N+](=O)[O-].O=C(O)CNC(=O)N[C@H]1CO[C@H]2[C@@H]1OC[C@H]2O[N+](=O)[O-].O=[N+]([O-])O[C@@H]1CO[C@H]2[C@@H]1OC[C@@H]2O. The van der Waals surface area contributed by atoms with Gasteiger partial charge in [0.25, 0.3) is 26.2 Å². The number of esters is 1. The van der Waals surface area contributed by atoms with Crippen molar-refractivity contribution in [2.24, 2.45) is 10.7 Å². The van der Waals surface area contributed by atoms with Crippen LogP contribution < -0.4 is 37.6 Å². The van der Waals surface area contributed by atoms with Crippen LogP contribution in [0.4, 0.5) is 14.4 Å². The zero-order valence-electron chi connectivity index (χ0n) is 47.7. The molecule has 0 bridgehead atoms. The average Bonchev–Trinajstić information content (AvgIpc) is 2.48. The number of aliphatic carboxylic acids is 1. The Labute approximate surface area is 502 Å². The molecule has 0 radical (unpaired) electrons. The lowest BCUT2D eigenvalue weighted by molar-refractivity contribution is -0.769. The molecule has 8 saturated heterocycles. The summed E-state index contributed by atoms with van der Waals surface area (Å²) in [5.41, 5.74) is 3.81. The minimum absolute atomic E-state index is 0. The maximum Gasteiger partial charge on any atom is 0.325 e. The van der Waals surface area contributed by atoms with E-state index in [4.69, 9.17) is 58.4 Å². The van der Waals surface area contributed by atoms with Crippen LogP contribution in [0.25, 0.3) is 0 Å². The third-order valence-electron chi connectivity index (χ3n) is 12.0. The number of carboxylic acid groups (broad SMARTS) is 1. The van der Waals surface area contributed by atoms with Crippen LogP contribution in [-0.4, -0.2) is 254 Å². The number of hydrogen-bond donors (Lipinski definition) is 9. The fourth-order valence-electron chi connectivity index (χ4n) is 8.77. The van der Waals surface area contributed by atoms with Crippen LogP contribution in [-0.2, 0) is 90.9 Å². The number of carbonyl (C=O) groups is 6. The normalized spacial score (nSPS) is 29.4. The van der Waals surface area contributed by atoms with Crippen molar-refractivity contribution in [3.05, 3.63) is 52.9 Å². The Hall–Kier alpha value is -8.46. The Morgan fingerprint density at radius 2 is 0.876 bits per heavy atom. The van der Waals surface area contributed by atoms with Crippen molar-refractivity contribution in [1.29, 1.82) is 0 Å². The molecule has 89 heavy (non-hydrogen) atoms. The van der Waals surface area contributed by atoms with E-state index in [1.807, 2.05) is 0 Å². The summed E-state index contributed by atoms with van der Waals surface area (Å²) in [6.45, 7) is 13.4. The van der Waals surface area contributed by atoms with Gasteiger partial charge in [0.05, 0.1) is 77.5 Å². The number of carbonyl (C=O) groups excluding carboxylic acids is 6. The summed E-state index contributed by atoms with van der Waals surface area (Å²) in [5, 5.41) is 69.6. The molecule has 8 fully saturated rings. The fourth-order valence-corrected chi connectivity index (χ4v) is 8.77. The molecule has 44 nitrogen and oxygen atoms in total. The Morgan fingerprint density at radius 1 is 0.551 bits per heavy atom. The van der Waals surface area contributed by atoms with Gasteiger partial charge < -0.3 is 115 Å². The van der Waals surface area contributed by atoms with Gasteiger partial charge in [-0.3, -0.25) is 14.4 Å². The zero-order valence-corrected chi connectivity index (χ0v) is 47.7. The number of hydrogen-bond acceptors (Lipinski definition) is 32. The van der Waals surface area contributed by atoms with E-state index in [1.165, 1.54) is 6.08 Å². The van der Waals surface area contributed by atoms with E-state index < -0.39 is 172 Å². The Kier molecular flexibility index (Phi) is 29.3. The molecular formula is C45H72N12O32. The van der Waals surface area contributed by atoms with E-state index in [0.29, 0.717) is 0 Å². The summed E-state index contributed by atoms with van der Waals surface area (Å²) >= 11 is 0. The number of rotatable bonds is 20. The van der Waals surface area contributed by atoms with E-state index in [2.05, 4.69) is 67.7 Å². The van der Waals surface area contributed by atoms with Crippen LogP contribution in [0.1, 0.15) is 49.0 Å². The van der Waals surface area contributed by atoms with Crippen LogP contribution in [0.2, 0.25) is 0 Å². The lowest BCUT2D eigenvalue weighted by atomic mass is 10.1. The molecule has 8 aliphatic heterocycles. The van der Waals surface area contributed by atoms with Gasteiger partial charge >= 0.3 is 30.0 Å². The van der Waals surface area contributed by atoms with Crippen molar-refractivity contribution >= 4 is 42.0 Å². The predicted molar refractivity (Wildman–Crippen MR) is 281 cm³/mol.